The number of nitriles is 1. The number of nitrogens with zero attached hydrogens (tertiary/aromatic N) is 4. The zero-order valence-corrected chi connectivity index (χ0v) is 19.5. The van der Waals surface area contributed by atoms with Gasteiger partial charge >= 0.3 is 6.55 Å². The number of benzene rings is 2. The molecule has 182 valence electrons. The Bertz CT molecular complexity index is 1330. The highest BCUT2D eigenvalue weighted by Gasteiger charge is 2.22. The molecule has 0 spiro atoms. The third-order valence-corrected chi connectivity index (χ3v) is 5.78. The lowest BCUT2D eigenvalue weighted by molar-refractivity contribution is -0.118. The molecule has 36 heavy (non-hydrogen) atoms. The number of rotatable bonds is 9. The predicted molar refractivity (Wildman–Crippen MR) is 132 cm³/mol. The number of carbonyl (C=O) groups excluding carboxylic acids is 1. The number of pyridine rings is 1. The second-order valence-corrected chi connectivity index (χ2v) is 8.29. The summed E-state index contributed by atoms with van der Waals surface area (Å²) in [4.78, 5) is 17.5. The van der Waals surface area contributed by atoms with Crippen molar-refractivity contribution < 1.29 is 13.6 Å². The standard InChI is InChI=1S/C27H24F2N6O/c1-18(20-9-7-19(13-30)8-10-20)14-32-25(21-5-3-2-4-6-21)26(36)34-24-12-11-22(15-31-24)23-16-33-35(17-23)27(28)29/h2-12,15-18,25,27,32H,14H2,1H3,(H,31,34,36)/t18-,25?/m1/s1. The summed E-state index contributed by atoms with van der Waals surface area (Å²) in [5.41, 5.74) is 3.57. The average molecular weight is 487 g/mol. The maximum atomic E-state index is 13.2. The maximum Gasteiger partial charge on any atom is 0.333 e. The molecular weight excluding hydrogens is 462 g/mol. The smallest absolute Gasteiger partial charge is 0.309 e. The van der Waals surface area contributed by atoms with Crippen LogP contribution in [0, 0.1) is 11.3 Å². The van der Waals surface area contributed by atoms with E-state index in [1.807, 2.05) is 49.4 Å². The zero-order valence-electron chi connectivity index (χ0n) is 19.5. The molecular formula is C27H24F2N6O. The molecule has 0 bridgehead atoms. The topological polar surface area (TPSA) is 95.6 Å². The van der Waals surface area contributed by atoms with E-state index in [9.17, 15) is 13.6 Å². The van der Waals surface area contributed by atoms with E-state index in [0.29, 0.717) is 33.7 Å². The van der Waals surface area contributed by atoms with Gasteiger partial charge in [-0.05, 0) is 41.3 Å². The first-order chi connectivity index (χ1) is 17.4. The minimum absolute atomic E-state index is 0.100. The van der Waals surface area contributed by atoms with Crippen LogP contribution in [0.15, 0.2) is 85.3 Å². The van der Waals surface area contributed by atoms with Gasteiger partial charge in [0.2, 0.25) is 5.91 Å². The summed E-state index contributed by atoms with van der Waals surface area (Å²) in [5, 5.41) is 18.8. The highest BCUT2D eigenvalue weighted by Crippen LogP contribution is 2.23. The van der Waals surface area contributed by atoms with Gasteiger partial charge in [0.15, 0.2) is 0 Å². The van der Waals surface area contributed by atoms with Crippen LogP contribution in [-0.4, -0.2) is 27.2 Å². The number of hydrogen-bond donors (Lipinski definition) is 2. The normalized spacial score (nSPS) is 12.6. The Balaban J connectivity index is 1.45. The molecule has 0 aliphatic carbocycles. The van der Waals surface area contributed by atoms with E-state index in [0.717, 1.165) is 11.1 Å². The molecule has 2 aromatic heterocycles. The second kappa shape index (κ2) is 11.3. The summed E-state index contributed by atoms with van der Waals surface area (Å²) < 4.78 is 26.1. The molecule has 2 heterocycles. The lowest BCUT2D eigenvalue weighted by atomic mass is 9.98. The molecule has 1 amide bonds. The molecule has 4 rings (SSSR count). The average Bonchev–Trinajstić information content (AvgIpc) is 3.41. The minimum atomic E-state index is -2.72. The third-order valence-electron chi connectivity index (χ3n) is 5.78. The minimum Gasteiger partial charge on any atom is -0.309 e. The van der Waals surface area contributed by atoms with Gasteiger partial charge < -0.3 is 10.6 Å². The van der Waals surface area contributed by atoms with Crippen molar-refractivity contribution in [1.29, 1.82) is 5.26 Å². The lowest BCUT2D eigenvalue weighted by Gasteiger charge is -2.21. The van der Waals surface area contributed by atoms with E-state index in [1.165, 1.54) is 18.6 Å². The molecule has 0 fully saturated rings. The van der Waals surface area contributed by atoms with Crippen molar-refractivity contribution >= 4 is 11.7 Å². The number of nitrogens with one attached hydrogen (secondary N) is 2. The molecule has 9 heteroatoms. The Morgan fingerprint density at radius 3 is 2.36 bits per heavy atom. The Hall–Kier alpha value is -4.42. The molecule has 0 saturated heterocycles. The van der Waals surface area contributed by atoms with Crippen LogP contribution in [0.25, 0.3) is 11.1 Å². The number of halogens is 2. The maximum absolute atomic E-state index is 13.2. The van der Waals surface area contributed by atoms with Gasteiger partial charge in [-0.3, -0.25) is 4.79 Å². The van der Waals surface area contributed by atoms with Gasteiger partial charge in [-0.25, -0.2) is 9.67 Å². The monoisotopic (exact) mass is 486 g/mol. The van der Waals surface area contributed by atoms with Gasteiger partial charge in [-0.2, -0.15) is 19.1 Å². The van der Waals surface area contributed by atoms with Crippen LogP contribution < -0.4 is 10.6 Å². The fourth-order valence-electron chi connectivity index (χ4n) is 3.74. The van der Waals surface area contributed by atoms with Crippen molar-refractivity contribution in [3.63, 3.8) is 0 Å². The van der Waals surface area contributed by atoms with Crippen LogP contribution in [0.3, 0.4) is 0 Å². The van der Waals surface area contributed by atoms with Crippen molar-refractivity contribution in [2.45, 2.75) is 25.4 Å². The summed E-state index contributed by atoms with van der Waals surface area (Å²) in [6.07, 6.45) is 4.08. The third kappa shape index (κ3) is 5.98. The molecule has 2 N–H and O–H groups in total. The van der Waals surface area contributed by atoms with E-state index >= 15 is 0 Å². The largest absolute Gasteiger partial charge is 0.333 e. The first-order valence-electron chi connectivity index (χ1n) is 11.3. The fraction of sp³-hybridized carbons (Fsp3) is 0.185. The predicted octanol–water partition coefficient (Wildman–Crippen LogP) is 5.28. The molecule has 0 saturated carbocycles. The highest BCUT2D eigenvalue weighted by atomic mass is 19.3. The van der Waals surface area contributed by atoms with Crippen molar-refractivity contribution in [3.8, 4) is 17.2 Å². The van der Waals surface area contributed by atoms with Crippen LogP contribution in [0.2, 0.25) is 0 Å². The lowest BCUT2D eigenvalue weighted by Crippen LogP contribution is -2.35. The van der Waals surface area contributed by atoms with E-state index in [2.05, 4.69) is 26.8 Å². The molecule has 4 aromatic rings. The molecule has 2 atom stereocenters. The van der Waals surface area contributed by atoms with Gasteiger partial charge in [0.25, 0.3) is 0 Å². The van der Waals surface area contributed by atoms with E-state index in [4.69, 9.17) is 5.26 Å². The first-order valence-corrected chi connectivity index (χ1v) is 11.3. The summed E-state index contributed by atoms with van der Waals surface area (Å²) in [6.45, 7) is -0.142. The van der Waals surface area contributed by atoms with Gasteiger partial charge in [0.1, 0.15) is 11.9 Å². The zero-order chi connectivity index (χ0) is 25.5. The van der Waals surface area contributed by atoms with Crippen molar-refractivity contribution in [2.24, 2.45) is 0 Å². The van der Waals surface area contributed by atoms with Gasteiger partial charge in [-0.1, -0.05) is 49.4 Å². The summed E-state index contributed by atoms with van der Waals surface area (Å²) in [7, 11) is 0. The van der Waals surface area contributed by atoms with Crippen LogP contribution >= 0.6 is 0 Å². The van der Waals surface area contributed by atoms with Gasteiger partial charge in [0.05, 0.1) is 17.8 Å². The number of amides is 1. The van der Waals surface area contributed by atoms with Gasteiger partial charge in [0, 0.05) is 30.1 Å². The van der Waals surface area contributed by atoms with Crippen LogP contribution in [0.1, 0.15) is 42.1 Å². The van der Waals surface area contributed by atoms with E-state index in [1.54, 1.807) is 24.3 Å². The van der Waals surface area contributed by atoms with Crippen LogP contribution in [0.4, 0.5) is 14.6 Å². The summed E-state index contributed by atoms with van der Waals surface area (Å²) >= 11 is 0. The number of aromatic nitrogens is 3. The Morgan fingerprint density at radius 1 is 1.00 bits per heavy atom. The van der Waals surface area contributed by atoms with E-state index in [-0.39, 0.29) is 11.8 Å². The van der Waals surface area contributed by atoms with Gasteiger partial charge in [-0.15, -0.1) is 0 Å². The molecule has 7 nitrogen and oxygen atoms in total. The molecule has 0 aliphatic rings. The van der Waals surface area contributed by atoms with Crippen LogP contribution in [0.5, 0.6) is 0 Å². The number of hydrogen-bond acceptors (Lipinski definition) is 5. The summed E-state index contributed by atoms with van der Waals surface area (Å²) in [6, 6.07) is 21.6. The number of anilines is 1. The SMILES string of the molecule is C[C@H](CNC(C(=O)Nc1ccc(-c2cnn(C(F)F)c2)cn1)c1ccccc1)c1ccc(C#N)cc1. The fourth-order valence-corrected chi connectivity index (χ4v) is 3.74. The van der Waals surface area contributed by atoms with Crippen molar-refractivity contribution in [3.05, 3.63) is 102 Å². The second-order valence-electron chi connectivity index (χ2n) is 8.29. The Kier molecular flexibility index (Phi) is 7.78. The Labute approximate surface area is 207 Å². The molecule has 2 aromatic carbocycles. The molecule has 1 unspecified atom stereocenters. The quantitative estimate of drug-likeness (QED) is 0.335. The van der Waals surface area contributed by atoms with Crippen LogP contribution in [-0.2, 0) is 4.79 Å². The Morgan fingerprint density at radius 2 is 1.75 bits per heavy atom. The molecule has 0 aliphatic heterocycles. The van der Waals surface area contributed by atoms with E-state index < -0.39 is 12.6 Å². The molecule has 0 radical (unpaired) electrons. The first kappa shape index (κ1) is 24.7. The van der Waals surface area contributed by atoms with Crippen molar-refractivity contribution in [1.82, 2.24) is 20.1 Å². The highest BCUT2D eigenvalue weighted by molar-refractivity contribution is 5.95. The number of carbonyl (C=O) groups is 1. The number of alkyl halides is 2. The summed E-state index contributed by atoms with van der Waals surface area (Å²) in [5.74, 6) is 0.162. The van der Waals surface area contributed by atoms with Crippen molar-refractivity contribution in [2.75, 3.05) is 11.9 Å².